The fourth-order valence-corrected chi connectivity index (χ4v) is 4.66. The molecule has 2 aromatic carbocycles. The van der Waals surface area contributed by atoms with Crippen LogP contribution in [0.15, 0.2) is 78.4 Å². The van der Waals surface area contributed by atoms with Crippen molar-refractivity contribution in [3.8, 4) is 28.0 Å². The molecule has 0 bridgehead atoms. The lowest BCUT2D eigenvalue weighted by Crippen LogP contribution is -1.99. The summed E-state index contributed by atoms with van der Waals surface area (Å²) in [6, 6.07) is 19.3. The zero-order valence-corrected chi connectivity index (χ0v) is 20.3. The summed E-state index contributed by atoms with van der Waals surface area (Å²) in [5.74, 6) is 2.62. The Morgan fingerprint density at radius 2 is 1.72 bits per heavy atom. The highest BCUT2D eigenvalue weighted by Gasteiger charge is 2.14. The van der Waals surface area contributed by atoms with E-state index in [9.17, 15) is 0 Å². The van der Waals surface area contributed by atoms with Crippen LogP contribution in [-0.2, 0) is 0 Å². The van der Waals surface area contributed by atoms with Gasteiger partial charge in [0.05, 0.1) is 18.8 Å². The Balaban J connectivity index is 1.26. The van der Waals surface area contributed by atoms with Crippen molar-refractivity contribution < 1.29 is 9.47 Å². The Kier molecular flexibility index (Phi) is 5.59. The second-order valence-corrected chi connectivity index (χ2v) is 8.90. The van der Waals surface area contributed by atoms with Crippen LogP contribution in [0, 0.1) is 6.92 Å². The zero-order chi connectivity index (χ0) is 24.5. The van der Waals surface area contributed by atoms with Crippen molar-refractivity contribution in [1.29, 1.82) is 0 Å². The Morgan fingerprint density at radius 3 is 2.50 bits per heavy atom. The zero-order valence-electron chi connectivity index (χ0n) is 19.5. The molecule has 4 heterocycles. The van der Waals surface area contributed by atoms with E-state index in [1.165, 1.54) is 0 Å². The number of nitrogens with one attached hydrogen (secondary N) is 1. The second kappa shape index (κ2) is 9.20. The molecule has 176 valence electrons. The molecule has 0 saturated heterocycles. The number of aryl methyl sites for hydroxylation is 1. The van der Waals surface area contributed by atoms with Gasteiger partial charge in [-0.3, -0.25) is 4.98 Å². The Hall–Kier alpha value is -4.63. The lowest BCUT2D eigenvalue weighted by Gasteiger charge is -2.12. The number of ether oxygens (including phenoxy) is 2. The van der Waals surface area contributed by atoms with Gasteiger partial charge in [-0.25, -0.2) is 9.97 Å². The predicted octanol–water partition coefficient (Wildman–Crippen LogP) is 6.55. The van der Waals surface area contributed by atoms with E-state index in [-0.39, 0.29) is 0 Å². The van der Waals surface area contributed by atoms with Gasteiger partial charge < -0.3 is 14.8 Å². The predicted molar refractivity (Wildman–Crippen MR) is 141 cm³/mol. The Morgan fingerprint density at radius 1 is 0.889 bits per heavy atom. The minimum atomic E-state index is 0.619. The molecule has 0 radical (unpaired) electrons. The Labute approximate surface area is 210 Å². The van der Waals surface area contributed by atoms with Crippen molar-refractivity contribution in [2.24, 2.45) is 0 Å². The highest BCUT2D eigenvalue weighted by Crippen LogP contribution is 2.33. The van der Waals surface area contributed by atoms with Gasteiger partial charge in [-0.2, -0.15) is 0 Å². The number of nitrogens with zero attached hydrogens (tertiary/aromatic N) is 5. The molecule has 0 unspecified atom stereocenters. The van der Waals surface area contributed by atoms with Crippen LogP contribution in [0.2, 0.25) is 0 Å². The maximum atomic E-state index is 6.10. The normalized spacial score (nSPS) is 11.1. The number of fused-ring (bicyclic) bond motifs is 2. The molecule has 0 aliphatic rings. The first-order chi connectivity index (χ1) is 17.7. The van der Waals surface area contributed by atoms with Crippen molar-refractivity contribution in [2.75, 3.05) is 12.4 Å². The minimum absolute atomic E-state index is 0.619. The van der Waals surface area contributed by atoms with Crippen molar-refractivity contribution >= 4 is 44.6 Å². The monoisotopic (exact) mass is 492 g/mol. The SMILES string of the molecule is COc1cnc2c(Oc3ccc(Nc4nnc(-c5nc(C)cs5)c5ccccc45)cc3)ccnc2c1. The molecule has 0 fully saturated rings. The standard InChI is InChI=1S/C27H20N6O2S/c1-16-15-36-27(30-16)24-20-5-3-4-6-21(20)26(33-32-24)31-17-7-9-18(10-8-17)35-23-11-12-28-22-13-19(34-2)14-29-25(22)23/h3-15H,1-2H3,(H,31,33). The van der Waals surface area contributed by atoms with E-state index >= 15 is 0 Å². The molecule has 0 aliphatic carbocycles. The molecular weight excluding hydrogens is 472 g/mol. The van der Waals surface area contributed by atoms with Crippen LogP contribution in [0.4, 0.5) is 11.5 Å². The van der Waals surface area contributed by atoms with Crippen molar-refractivity contribution in [2.45, 2.75) is 6.92 Å². The van der Waals surface area contributed by atoms with E-state index in [1.807, 2.05) is 66.9 Å². The highest BCUT2D eigenvalue weighted by atomic mass is 32.1. The van der Waals surface area contributed by atoms with Crippen LogP contribution in [0.5, 0.6) is 17.2 Å². The van der Waals surface area contributed by atoms with Crippen molar-refractivity contribution in [3.05, 3.63) is 84.1 Å². The number of rotatable bonds is 6. The molecule has 0 amide bonds. The number of thiazole rings is 1. The van der Waals surface area contributed by atoms with E-state index in [0.29, 0.717) is 34.1 Å². The molecule has 1 N–H and O–H groups in total. The smallest absolute Gasteiger partial charge is 0.161 e. The summed E-state index contributed by atoms with van der Waals surface area (Å²) in [7, 11) is 1.60. The van der Waals surface area contributed by atoms with Gasteiger partial charge in [0, 0.05) is 45.9 Å². The first-order valence-corrected chi connectivity index (χ1v) is 12.1. The number of aromatic nitrogens is 5. The molecule has 6 rings (SSSR count). The lowest BCUT2D eigenvalue weighted by atomic mass is 10.1. The minimum Gasteiger partial charge on any atom is -0.495 e. The van der Waals surface area contributed by atoms with Crippen LogP contribution in [0.3, 0.4) is 0 Å². The molecule has 9 heteroatoms. The number of methoxy groups -OCH3 is 1. The van der Waals surface area contributed by atoms with Gasteiger partial charge in [0.2, 0.25) is 0 Å². The first kappa shape index (κ1) is 21.9. The third-order valence-corrected chi connectivity index (χ3v) is 6.57. The summed E-state index contributed by atoms with van der Waals surface area (Å²) < 4.78 is 11.3. The number of anilines is 2. The fraction of sp³-hybridized carbons (Fsp3) is 0.0741. The van der Waals surface area contributed by atoms with E-state index in [4.69, 9.17) is 9.47 Å². The summed E-state index contributed by atoms with van der Waals surface area (Å²) in [6.07, 6.45) is 3.34. The number of hydrogen-bond donors (Lipinski definition) is 1. The molecule has 36 heavy (non-hydrogen) atoms. The number of benzene rings is 2. The summed E-state index contributed by atoms with van der Waals surface area (Å²) >= 11 is 1.57. The quantitative estimate of drug-likeness (QED) is 0.280. The first-order valence-electron chi connectivity index (χ1n) is 11.2. The van der Waals surface area contributed by atoms with Gasteiger partial charge in [-0.1, -0.05) is 24.3 Å². The van der Waals surface area contributed by atoms with E-state index in [0.717, 1.165) is 32.9 Å². The summed E-state index contributed by atoms with van der Waals surface area (Å²) in [5, 5.41) is 17.2. The second-order valence-electron chi connectivity index (χ2n) is 8.04. The van der Waals surface area contributed by atoms with Gasteiger partial charge >= 0.3 is 0 Å². The van der Waals surface area contributed by atoms with Gasteiger partial charge in [0.15, 0.2) is 11.6 Å². The summed E-state index contributed by atoms with van der Waals surface area (Å²) in [5.41, 5.74) is 3.99. The highest BCUT2D eigenvalue weighted by molar-refractivity contribution is 7.13. The molecule has 8 nitrogen and oxygen atoms in total. The van der Waals surface area contributed by atoms with Gasteiger partial charge in [0.25, 0.3) is 0 Å². The largest absolute Gasteiger partial charge is 0.495 e. The summed E-state index contributed by atoms with van der Waals surface area (Å²) in [4.78, 5) is 13.4. The fourth-order valence-electron chi connectivity index (χ4n) is 3.87. The average molecular weight is 493 g/mol. The lowest BCUT2D eigenvalue weighted by molar-refractivity contribution is 0.413. The molecule has 0 atom stereocenters. The van der Waals surface area contributed by atoms with Crippen LogP contribution >= 0.6 is 11.3 Å². The van der Waals surface area contributed by atoms with E-state index < -0.39 is 0 Å². The van der Waals surface area contributed by atoms with E-state index in [1.54, 1.807) is 36.9 Å². The number of hydrogen-bond acceptors (Lipinski definition) is 9. The number of pyridine rings is 2. The van der Waals surface area contributed by atoms with Crippen LogP contribution in [0.25, 0.3) is 32.5 Å². The summed E-state index contributed by atoms with van der Waals surface area (Å²) in [6.45, 7) is 1.98. The third kappa shape index (κ3) is 4.16. The third-order valence-electron chi connectivity index (χ3n) is 5.60. The van der Waals surface area contributed by atoms with Gasteiger partial charge in [0.1, 0.15) is 27.7 Å². The molecule has 0 aliphatic heterocycles. The van der Waals surface area contributed by atoms with Gasteiger partial charge in [-0.05, 0) is 31.2 Å². The molecule has 4 aromatic heterocycles. The topological polar surface area (TPSA) is 94.9 Å². The van der Waals surface area contributed by atoms with Crippen molar-refractivity contribution in [1.82, 2.24) is 25.1 Å². The van der Waals surface area contributed by atoms with Crippen LogP contribution in [-0.4, -0.2) is 32.3 Å². The molecule has 6 aromatic rings. The Bertz CT molecular complexity index is 1700. The molecule has 0 spiro atoms. The maximum Gasteiger partial charge on any atom is 0.161 e. The molecular formula is C27H20N6O2S. The maximum absolute atomic E-state index is 6.10. The molecule has 0 saturated carbocycles. The van der Waals surface area contributed by atoms with Gasteiger partial charge in [-0.15, -0.1) is 21.5 Å². The van der Waals surface area contributed by atoms with Crippen molar-refractivity contribution in [3.63, 3.8) is 0 Å². The van der Waals surface area contributed by atoms with Crippen LogP contribution in [0.1, 0.15) is 5.69 Å². The average Bonchev–Trinajstić information content (AvgIpc) is 3.35. The van der Waals surface area contributed by atoms with Crippen LogP contribution < -0.4 is 14.8 Å². The van der Waals surface area contributed by atoms with E-state index in [2.05, 4.69) is 30.5 Å².